The summed E-state index contributed by atoms with van der Waals surface area (Å²) in [6.07, 6.45) is 2.26. The molecular formula is C22H26N3O3+. The van der Waals surface area contributed by atoms with Crippen molar-refractivity contribution in [3.05, 3.63) is 65.7 Å². The third-order valence-corrected chi connectivity index (χ3v) is 5.73. The molecule has 1 saturated heterocycles. The van der Waals surface area contributed by atoms with E-state index in [0.29, 0.717) is 12.7 Å². The predicted octanol–water partition coefficient (Wildman–Crippen LogP) is 1.67. The molecule has 6 heteroatoms. The number of nitrogens with zero attached hydrogens (tertiary/aromatic N) is 1. The van der Waals surface area contributed by atoms with Crippen LogP contribution in [0.5, 0.6) is 5.75 Å². The Labute approximate surface area is 165 Å². The van der Waals surface area contributed by atoms with Gasteiger partial charge < -0.3 is 15.0 Å². The highest BCUT2D eigenvalue weighted by Crippen LogP contribution is 2.28. The molecule has 1 aliphatic carbocycles. The van der Waals surface area contributed by atoms with Gasteiger partial charge in [-0.25, -0.2) is 9.69 Å². The summed E-state index contributed by atoms with van der Waals surface area (Å²) < 4.78 is 5.22. The van der Waals surface area contributed by atoms with E-state index >= 15 is 0 Å². The number of amides is 3. The fourth-order valence-corrected chi connectivity index (χ4v) is 3.84. The summed E-state index contributed by atoms with van der Waals surface area (Å²) in [7, 11) is 1.65. The van der Waals surface area contributed by atoms with Gasteiger partial charge in [-0.05, 0) is 36.8 Å². The average Bonchev–Trinajstić information content (AvgIpc) is 3.53. The van der Waals surface area contributed by atoms with Crippen molar-refractivity contribution in [2.75, 3.05) is 13.8 Å². The fourth-order valence-electron chi connectivity index (χ4n) is 3.84. The Bertz CT molecular complexity index is 864. The van der Waals surface area contributed by atoms with E-state index in [-0.39, 0.29) is 11.9 Å². The number of imide groups is 1. The largest absolute Gasteiger partial charge is 0.497 e. The second-order valence-corrected chi connectivity index (χ2v) is 7.77. The lowest BCUT2D eigenvalue weighted by atomic mass is 9.92. The van der Waals surface area contributed by atoms with Gasteiger partial charge >= 0.3 is 6.03 Å². The lowest BCUT2D eigenvalue weighted by molar-refractivity contribution is -0.931. The summed E-state index contributed by atoms with van der Waals surface area (Å²) in [5.74, 6) is 0.640. The molecule has 2 N–H and O–H groups in total. The van der Waals surface area contributed by atoms with Crippen molar-refractivity contribution < 1.29 is 19.2 Å². The van der Waals surface area contributed by atoms with E-state index in [1.807, 2.05) is 54.6 Å². The number of methoxy groups -OCH3 is 1. The molecule has 1 unspecified atom stereocenters. The van der Waals surface area contributed by atoms with Crippen LogP contribution >= 0.6 is 0 Å². The van der Waals surface area contributed by atoms with Gasteiger partial charge in [-0.1, -0.05) is 30.3 Å². The number of hydrogen-bond acceptors (Lipinski definition) is 3. The topological polar surface area (TPSA) is 63.1 Å². The maximum absolute atomic E-state index is 13.2. The van der Waals surface area contributed by atoms with Crippen molar-refractivity contribution in [1.29, 1.82) is 0 Å². The standard InChI is InChI=1S/C22H25N3O3/c1-22(17-6-4-3-5-7-17)20(26)25(21(27)23-22)15-24(18-10-11-18)14-16-8-12-19(28-2)13-9-16/h3-9,12-13,18H,10-11,14-15H2,1-2H3,(H,23,27)/p+1/t22-/m0/s1. The fraction of sp³-hybridized carbons (Fsp3) is 0.364. The highest BCUT2D eigenvalue weighted by Gasteiger charge is 2.51. The smallest absolute Gasteiger partial charge is 0.329 e. The molecule has 2 fully saturated rings. The molecule has 0 bridgehead atoms. The molecule has 2 aliphatic rings. The summed E-state index contributed by atoms with van der Waals surface area (Å²) >= 11 is 0. The molecule has 28 heavy (non-hydrogen) atoms. The Kier molecular flexibility index (Phi) is 4.81. The van der Waals surface area contributed by atoms with Crippen LogP contribution in [0.25, 0.3) is 0 Å². The molecule has 1 saturated carbocycles. The number of ether oxygens (including phenoxy) is 1. The van der Waals surface area contributed by atoms with Crippen molar-refractivity contribution in [3.63, 3.8) is 0 Å². The second kappa shape index (κ2) is 7.28. The summed E-state index contributed by atoms with van der Waals surface area (Å²) in [5.41, 5.74) is 0.965. The van der Waals surface area contributed by atoms with Crippen molar-refractivity contribution in [3.8, 4) is 5.75 Å². The zero-order valence-corrected chi connectivity index (χ0v) is 16.3. The van der Waals surface area contributed by atoms with E-state index in [0.717, 1.165) is 30.7 Å². The molecule has 3 amide bonds. The molecule has 146 valence electrons. The molecule has 4 rings (SSSR count). The van der Waals surface area contributed by atoms with Crippen molar-refractivity contribution in [2.24, 2.45) is 0 Å². The Morgan fingerprint density at radius 1 is 1.11 bits per heavy atom. The summed E-state index contributed by atoms with van der Waals surface area (Å²) in [6.45, 7) is 2.93. The van der Waals surface area contributed by atoms with E-state index in [2.05, 4.69) is 5.32 Å². The van der Waals surface area contributed by atoms with Crippen LogP contribution < -0.4 is 15.0 Å². The number of rotatable bonds is 7. The molecule has 0 aromatic heterocycles. The van der Waals surface area contributed by atoms with Crippen LogP contribution in [0.15, 0.2) is 54.6 Å². The van der Waals surface area contributed by atoms with Gasteiger partial charge in [-0.2, -0.15) is 0 Å². The maximum atomic E-state index is 13.2. The maximum Gasteiger partial charge on any atom is 0.329 e. The Morgan fingerprint density at radius 2 is 1.79 bits per heavy atom. The van der Waals surface area contributed by atoms with Crippen molar-refractivity contribution in [1.82, 2.24) is 10.2 Å². The molecule has 0 radical (unpaired) electrons. The van der Waals surface area contributed by atoms with Gasteiger partial charge in [0.2, 0.25) is 0 Å². The monoisotopic (exact) mass is 380 g/mol. The molecule has 1 heterocycles. The minimum Gasteiger partial charge on any atom is -0.497 e. The third-order valence-electron chi connectivity index (χ3n) is 5.73. The van der Waals surface area contributed by atoms with Crippen LogP contribution in [0, 0.1) is 0 Å². The van der Waals surface area contributed by atoms with Crippen LogP contribution in [0.1, 0.15) is 30.9 Å². The van der Waals surface area contributed by atoms with Gasteiger partial charge in [0.15, 0.2) is 6.67 Å². The number of carbonyl (C=O) groups is 2. The predicted molar refractivity (Wildman–Crippen MR) is 105 cm³/mol. The molecule has 2 aromatic carbocycles. The Hall–Kier alpha value is -2.86. The van der Waals surface area contributed by atoms with Gasteiger partial charge in [-0.15, -0.1) is 0 Å². The first-order valence-corrected chi connectivity index (χ1v) is 9.68. The third kappa shape index (κ3) is 3.47. The number of hydrogen-bond donors (Lipinski definition) is 2. The SMILES string of the molecule is COc1ccc(C[NH+](CN2C(=O)N[C@@](C)(c3ccccc3)C2=O)C2CC2)cc1. The number of urea groups is 1. The Balaban J connectivity index is 1.51. The van der Waals surface area contributed by atoms with E-state index in [9.17, 15) is 9.59 Å². The van der Waals surface area contributed by atoms with Gasteiger partial charge in [0.1, 0.15) is 17.8 Å². The van der Waals surface area contributed by atoms with Crippen molar-refractivity contribution >= 4 is 11.9 Å². The molecule has 1 aliphatic heterocycles. The molecular weight excluding hydrogens is 354 g/mol. The molecule has 6 nitrogen and oxygen atoms in total. The number of nitrogens with one attached hydrogen (secondary N) is 2. The van der Waals surface area contributed by atoms with Crippen LogP contribution in [0.2, 0.25) is 0 Å². The minimum absolute atomic E-state index is 0.184. The van der Waals surface area contributed by atoms with Crippen LogP contribution in [0.3, 0.4) is 0 Å². The zero-order valence-electron chi connectivity index (χ0n) is 16.3. The molecule has 2 aromatic rings. The highest BCUT2D eigenvalue weighted by atomic mass is 16.5. The summed E-state index contributed by atoms with van der Waals surface area (Å²) in [5, 5.41) is 2.90. The highest BCUT2D eigenvalue weighted by molar-refractivity contribution is 6.07. The number of carbonyl (C=O) groups excluding carboxylic acids is 2. The first-order valence-electron chi connectivity index (χ1n) is 9.68. The quantitative estimate of drug-likeness (QED) is 0.719. The first-order chi connectivity index (χ1) is 13.5. The van der Waals surface area contributed by atoms with Crippen LogP contribution in [-0.2, 0) is 16.9 Å². The number of quaternary nitrogens is 1. The van der Waals surface area contributed by atoms with E-state index < -0.39 is 5.54 Å². The van der Waals surface area contributed by atoms with Crippen LogP contribution in [-0.4, -0.2) is 36.7 Å². The first kappa shape index (κ1) is 18.5. The van der Waals surface area contributed by atoms with Crippen molar-refractivity contribution in [2.45, 2.75) is 37.9 Å². The minimum atomic E-state index is -1.01. The average molecular weight is 380 g/mol. The van der Waals surface area contributed by atoms with E-state index in [1.54, 1.807) is 14.0 Å². The lowest BCUT2D eigenvalue weighted by Gasteiger charge is -2.25. The molecule has 2 atom stereocenters. The van der Waals surface area contributed by atoms with E-state index in [4.69, 9.17) is 4.74 Å². The van der Waals surface area contributed by atoms with Gasteiger partial charge in [0.25, 0.3) is 5.91 Å². The van der Waals surface area contributed by atoms with Gasteiger partial charge in [0.05, 0.1) is 13.2 Å². The normalized spacial score (nSPS) is 22.9. The number of benzene rings is 2. The zero-order chi connectivity index (χ0) is 19.7. The van der Waals surface area contributed by atoms with Gasteiger partial charge in [0, 0.05) is 18.4 Å². The summed E-state index contributed by atoms with van der Waals surface area (Å²) in [6, 6.07) is 17.6. The second-order valence-electron chi connectivity index (χ2n) is 7.77. The Morgan fingerprint density at radius 3 is 2.39 bits per heavy atom. The van der Waals surface area contributed by atoms with Gasteiger partial charge in [-0.3, -0.25) is 4.79 Å². The summed E-state index contributed by atoms with van der Waals surface area (Å²) in [4.78, 5) is 28.4. The molecule has 0 spiro atoms. The lowest BCUT2D eigenvalue weighted by Crippen LogP contribution is -3.13. The van der Waals surface area contributed by atoms with Crippen LogP contribution in [0.4, 0.5) is 4.79 Å². The van der Waals surface area contributed by atoms with E-state index in [1.165, 1.54) is 15.4 Å².